The van der Waals surface area contributed by atoms with Crippen LogP contribution in [0.25, 0.3) is 0 Å². The van der Waals surface area contributed by atoms with Crippen molar-refractivity contribution in [3.8, 4) is 5.75 Å². The third-order valence-electron chi connectivity index (χ3n) is 7.48. The second-order valence-corrected chi connectivity index (χ2v) is 10.4. The first-order valence-electron chi connectivity index (χ1n) is 12.9. The maximum Gasteiger partial charge on any atom is 0.255 e. The van der Waals surface area contributed by atoms with Crippen molar-refractivity contribution in [3.63, 3.8) is 0 Å². The zero-order chi connectivity index (χ0) is 25.1. The van der Waals surface area contributed by atoms with Crippen LogP contribution in [0, 0.1) is 0 Å². The first-order chi connectivity index (χ1) is 17.5. The fraction of sp³-hybridized carbons (Fsp3) is 0.464. The van der Waals surface area contributed by atoms with Gasteiger partial charge in [-0.2, -0.15) is 0 Å². The third kappa shape index (κ3) is 5.42. The lowest BCUT2D eigenvalue weighted by atomic mass is 9.94. The molecule has 0 radical (unpaired) electrons. The molecule has 3 heterocycles. The number of carbonyl (C=O) groups is 3. The van der Waals surface area contributed by atoms with Crippen molar-refractivity contribution in [2.45, 2.75) is 69.6 Å². The highest BCUT2D eigenvalue weighted by molar-refractivity contribution is 6.31. The van der Waals surface area contributed by atoms with Crippen LogP contribution >= 0.6 is 11.6 Å². The molecule has 36 heavy (non-hydrogen) atoms. The van der Waals surface area contributed by atoms with Crippen LogP contribution in [0.15, 0.2) is 42.5 Å². The highest BCUT2D eigenvalue weighted by atomic mass is 35.5. The van der Waals surface area contributed by atoms with Gasteiger partial charge in [0.15, 0.2) is 0 Å². The number of benzene rings is 2. The molecule has 6 rings (SSSR count). The minimum Gasteiger partial charge on any atom is -0.490 e. The molecule has 2 aromatic carbocycles. The van der Waals surface area contributed by atoms with Gasteiger partial charge in [-0.25, -0.2) is 0 Å². The summed E-state index contributed by atoms with van der Waals surface area (Å²) >= 11 is 6.00. The van der Waals surface area contributed by atoms with Crippen LogP contribution in [0.4, 0.5) is 0 Å². The van der Waals surface area contributed by atoms with Crippen LogP contribution in [-0.4, -0.2) is 47.9 Å². The first-order valence-corrected chi connectivity index (χ1v) is 13.3. The van der Waals surface area contributed by atoms with Gasteiger partial charge in [-0.3, -0.25) is 19.7 Å². The number of fused-ring (bicyclic) bond motifs is 1. The van der Waals surface area contributed by atoms with Crippen molar-refractivity contribution in [2.24, 2.45) is 0 Å². The van der Waals surface area contributed by atoms with Gasteiger partial charge in [0.1, 0.15) is 11.8 Å². The molecule has 8 heteroatoms. The number of nitrogens with zero attached hydrogens (tertiary/aromatic N) is 1. The molecule has 1 atom stereocenters. The number of nitrogens with one attached hydrogen (secondary N) is 2. The molecular weight excluding hydrogens is 478 g/mol. The molecule has 3 fully saturated rings. The summed E-state index contributed by atoms with van der Waals surface area (Å²) in [5.41, 5.74) is 2.80. The van der Waals surface area contributed by atoms with E-state index in [-0.39, 0.29) is 30.2 Å². The lowest BCUT2D eigenvalue weighted by Crippen LogP contribution is -2.52. The van der Waals surface area contributed by atoms with Crippen LogP contribution in [0.2, 0.25) is 5.02 Å². The summed E-state index contributed by atoms with van der Waals surface area (Å²) in [6.07, 6.45) is 6.77. The topological polar surface area (TPSA) is 87.7 Å². The molecule has 190 valence electrons. The van der Waals surface area contributed by atoms with Crippen molar-refractivity contribution in [1.29, 1.82) is 0 Å². The van der Waals surface area contributed by atoms with E-state index in [2.05, 4.69) is 16.7 Å². The zero-order valence-electron chi connectivity index (χ0n) is 20.3. The molecule has 2 aromatic rings. The highest BCUT2D eigenvalue weighted by Crippen LogP contribution is 2.32. The molecule has 1 unspecified atom stereocenters. The third-order valence-corrected chi connectivity index (χ3v) is 7.82. The van der Waals surface area contributed by atoms with Gasteiger partial charge in [0.05, 0.1) is 6.10 Å². The second-order valence-electron chi connectivity index (χ2n) is 9.97. The number of rotatable bonds is 4. The van der Waals surface area contributed by atoms with Crippen LogP contribution in [0.1, 0.15) is 72.3 Å². The van der Waals surface area contributed by atoms with Crippen molar-refractivity contribution >= 4 is 29.3 Å². The molecule has 2 N–H and O–H groups in total. The summed E-state index contributed by atoms with van der Waals surface area (Å²) in [6, 6.07) is 13.1. The van der Waals surface area contributed by atoms with E-state index in [9.17, 15) is 14.4 Å². The summed E-state index contributed by atoms with van der Waals surface area (Å²) in [5, 5.41) is 6.45. The Hall–Kier alpha value is -2.90. The van der Waals surface area contributed by atoms with Gasteiger partial charge in [-0.1, -0.05) is 36.2 Å². The first kappa shape index (κ1) is 24.8. The van der Waals surface area contributed by atoms with E-state index < -0.39 is 6.04 Å². The summed E-state index contributed by atoms with van der Waals surface area (Å²) in [5.74, 6) is 0.644. The Bertz CT molecular complexity index is 1140. The fourth-order valence-electron chi connectivity index (χ4n) is 5.31. The fourth-order valence-corrected chi connectivity index (χ4v) is 5.60. The number of hydrogen-bond donors (Lipinski definition) is 2. The highest BCUT2D eigenvalue weighted by Gasteiger charge is 2.39. The number of halogens is 1. The maximum atomic E-state index is 12.6. The molecule has 0 spiro atoms. The van der Waals surface area contributed by atoms with E-state index in [0.29, 0.717) is 24.4 Å². The maximum absolute atomic E-state index is 12.6. The van der Waals surface area contributed by atoms with Gasteiger partial charge in [-0.05, 0) is 67.5 Å². The van der Waals surface area contributed by atoms with E-state index in [1.807, 2.05) is 30.3 Å². The van der Waals surface area contributed by atoms with E-state index in [1.165, 1.54) is 24.8 Å². The number of piperidine rings is 1. The monoisotopic (exact) mass is 509 g/mol. The number of imide groups is 1. The Balaban J connectivity index is 0.000000202. The van der Waals surface area contributed by atoms with Gasteiger partial charge in [0, 0.05) is 42.6 Å². The Morgan fingerprint density at radius 1 is 0.944 bits per heavy atom. The second kappa shape index (κ2) is 11.0. The molecule has 1 saturated carbocycles. The van der Waals surface area contributed by atoms with Crippen molar-refractivity contribution in [1.82, 2.24) is 15.5 Å². The average molecular weight is 510 g/mol. The Morgan fingerprint density at radius 3 is 2.42 bits per heavy atom. The molecule has 7 nitrogen and oxygen atoms in total. The van der Waals surface area contributed by atoms with E-state index in [0.717, 1.165) is 42.3 Å². The predicted octanol–water partition coefficient (Wildman–Crippen LogP) is 4.19. The van der Waals surface area contributed by atoms with Gasteiger partial charge >= 0.3 is 0 Å². The quantitative estimate of drug-likeness (QED) is 0.603. The molecular formula is C28H32ClN3O4. The van der Waals surface area contributed by atoms with Crippen molar-refractivity contribution in [2.75, 3.05) is 13.1 Å². The van der Waals surface area contributed by atoms with Crippen molar-refractivity contribution < 1.29 is 19.1 Å². The summed E-state index contributed by atoms with van der Waals surface area (Å²) in [4.78, 5) is 37.6. The van der Waals surface area contributed by atoms with Crippen LogP contribution in [0.5, 0.6) is 5.75 Å². The Kier molecular flexibility index (Phi) is 7.58. The lowest BCUT2D eigenvalue weighted by Gasteiger charge is -2.29. The molecule has 1 aliphatic carbocycles. The zero-order valence-corrected chi connectivity index (χ0v) is 21.1. The minimum atomic E-state index is -0.569. The average Bonchev–Trinajstić information content (AvgIpc) is 3.16. The van der Waals surface area contributed by atoms with E-state index in [4.69, 9.17) is 16.3 Å². The predicted molar refractivity (Wildman–Crippen MR) is 137 cm³/mol. The molecule has 4 aliphatic rings. The SMILES string of the molecule is Clc1ccccc1C1CNC1.O=C1CCC(N2Cc3cc(OC4CCCCC4)ccc3C2=O)C(=O)N1. The Morgan fingerprint density at radius 2 is 1.72 bits per heavy atom. The van der Waals surface area contributed by atoms with Crippen LogP contribution in [0.3, 0.4) is 0 Å². The summed E-state index contributed by atoms with van der Waals surface area (Å²) < 4.78 is 6.08. The number of carbonyl (C=O) groups excluding carboxylic acids is 3. The van der Waals surface area contributed by atoms with Gasteiger partial charge in [0.25, 0.3) is 5.91 Å². The van der Waals surface area contributed by atoms with Crippen LogP contribution in [-0.2, 0) is 16.1 Å². The molecule has 0 aromatic heterocycles. The summed E-state index contributed by atoms with van der Waals surface area (Å²) in [7, 11) is 0. The Labute approximate surface area is 216 Å². The smallest absolute Gasteiger partial charge is 0.255 e. The van der Waals surface area contributed by atoms with Gasteiger partial charge in [-0.15, -0.1) is 0 Å². The van der Waals surface area contributed by atoms with Crippen molar-refractivity contribution in [3.05, 3.63) is 64.2 Å². The number of amides is 3. The van der Waals surface area contributed by atoms with Crippen LogP contribution < -0.4 is 15.4 Å². The summed E-state index contributed by atoms with van der Waals surface area (Å²) in [6.45, 7) is 2.54. The minimum absolute atomic E-state index is 0.145. The van der Waals surface area contributed by atoms with E-state index in [1.54, 1.807) is 11.0 Å². The van der Waals surface area contributed by atoms with E-state index >= 15 is 0 Å². The molecule has 3 aliphatic heterocycles. The molecule has 2 saturated heterocycles. The van der Waals surface area contributed by atoms with Gasteiger partial charge in [0.2, 0.25) is 11.8 Å². The number of ether oxygens (including phenoxy) is 1. The standard InChI is InChI=1S/C19H22N2O4.C9H10ClN/c22-17-9-8-16(18(23)20-17)21-11-12-10-14(6-7-15(12)19(21)24)25-13-4-2-1-3-5-13;10-9-4-2-1-3-8(9)7-5-11-6-7/h6-7,10,13,16H,1-5,8-9,11H2,(H,20,22,23);1-4,7,11H,5-6H2. The largest absolute Gasteiger partial charge is 0.490 e. The lowest BCUT2D eigenvalue weighted by molar-refractivity contribution is -0.136. The molecule has 3 amide bonds. The molecule has 0 bridgehead atoms. The number of hydrogen-bond acceptors (Lipinski definition) is 5. The van der Waals surface area contributed by atoms with Gasteiger partial charge < -0.3 is 15.0 Å². The normalized spacial score (nSPS) is 22.3.